The van der Waals surface area contributed by atoms with Crippen LogP contribution in [-0.2, 0) is 25.6 Å². The third-order valence-corrected chi connectivity index (χ3v) is 5.34. The molecule has 1 aromatic rings. The highest BCUT2D eigenvalue weighted by Crippen LogP contribution is 2.29. The summed E-state index contributed by atoms with van der Waals surface area (Å²) in [4.78, 5) is 57.3. The number of likely N-dealkylation sites (tertiary alicyclic amines) is 1. The number of nitrogens with one attached hydrogen (secondary N) is 3. The van der Waals surface area contributed by atoms with Gasteiger partial charge in [-0.3, -0.25) is 19.2 Å². The third-order valence-electron chi connectivity index (χ3n) is 5.34. The van der Waals surface area contributed by atoms with Crippen molar-refractivity contribution in [3.63, 3.8) is 0 Å². The molecule has 0 aromatic carbocycles. The Morgan fingerprint density at radius 1 is 1.48 bits per heavy atom. The van der Waals surface area contributed by atoms with Gasteiger partial charge in [-0.1, -0.05) is 0 Å². The number of primary amides is 1. The molecule has 2 aliphatic heterocycles. The lowest BCUT2D eigenvalue weighted by molar-refractivity contribution is -0.145. The van der Waals surface area contributed by atoms with Gasteiger partial charge in [-0.2, -0.15) is 0 Å². The fraction of sp³-hybridized carbons (Fsp3) is 0.588. The second-order valence-corrected chi connectivity index (χ2v) is 7.23. The Morgan fingerprint density at radius 2 is 2.26 bits per heavy atom. The average Bonchev–Trinajstić information content (AvgIpc) is 3.35. The molecule has 0 spiro atoms. The van der Waals surface area contributed by atoms with E-state index in [-0.39, 0.29) is 24.7 Å². The molecule has 0 bridgehead atoms. The van der Waals surface area contributed by atoms with E-state index in [4.69, 9.17) is 5.73 Å². The lowest BCUT2D eigenvalue weighted by Crippen LogP contribution is -2.60. The first-order chi connectivity index (χ1) is 12.8. The van der Waals surface area contributed by atoms with Crippen molar-refractivity contribution in [1.82, 2.24) is 25.5 Å². The molecule has 3 unspecified atom stereocenters. The van der Waals surface area contributed by atoms with E-state index < -0.39 is 29.4 Å². The minimum atomic E-state index is -1.07. The maximum Gasteiger partial charge on any atom is 0.246 e. The number of H-pyrrole nitrogens is 1. The first kappa shape index (κ1) is 18.9. The molecule has 10 heteroatoms. The molecule has 1 aromatic heterocycles. The molecule has 2 saturated heterocycles. The van der Waals surface area contributed by atoms with E-state index in [1.165, 1.54) is 11.2 Å². The van der Waals surface area contributed by atoms with Gasteiger partial charge in [0.15, 0.2) is 0 Å². The van der Waals surface area contributed by atoms with Crippen LogP contribution in [0.15, 0.2) is 12.5 Å². The summed E-state index contributed by atoms with van der Waals surface area (Å²) in [5.41, 5.74) is 5.13. The van der Waals surface area contributed by atoms with Crippen molar-refractivity contribution in [2.45, 2.75) is 56.7 Å². The largest absolute Gasteiger partial charge is 0.368 e. The number of aromatic amines is 1. The average molecular weight is 376 g/mol. The molecule has 3 atom stereocenters. The summed E-state index contributed by atoms with van der Waals surface area (Å²) < 4.78 is 0. The highest BCUT2D eigenvalue weighted by Gasteiger charge is 2.46. The maximum absolute atomic E-state index is 13.2. The van der Waals surface area contributed by atoms with Crippen molar-refractivity contribution in [3.8, 4) is 0 Å². The summed E-state index contributed by atoms with van der Waals surface area (Å²) in [6, 6.07) is -1.55. The molecule has 3 heterocycles. The van der Waals surface area contributed by atoms with Crippen molar-refractivity contribution in [1.29, 1.82) is 0 Å². The van der Waals surface area contributed by atoms with Gasteiger partial charge in [0.2, 0.25) is 23.6 Å². The molecule has 2 fully saturated rings. The molecule has 0 radical (unpaired) electrons. The summed E-state index contributed by atoms with van der Waals surface area (Å²) >= 11 is 0. The summed E-state index contributed by atoms with van der Waals surface area (Å²) in [6.45, 7) is 2.04. The number of hydrogen-bond donors (Lipinski definition) is 4. The molecule has 10 nitrogen and oxygen atoms in total. The van der Waals surface area contributed by atoms with E-state index in [0.29, 0.717) is 31.5 Å². The molecule has 2 aliphatic rings. The van der Waals surface area contributed by atoms with E-state index >= 15 is 0 Å². The predicted octanol–water partition coefficient (Wildman–Crippen LogP) is -1.42. The smallest absolute Gasteiger partial charge is 0.246 e. The fourth-order valence-corrected chi connectivity index (χ4v) is 3.66. The molecule has 0 saturated carbocycles. The van der Waals surface area contributed by atoms with E-state index in [1.807, 2.05) is 0 Å². The fourth-order valence-electron chi connectivity index (χ4n) is 3.66. The molecule has 146 valence electrons. The molecule has 3 rings (SSSR count). The number of amides is 4. The van der Waals surface area contributed by atoms with Crippen molar-refractivity contribution in [2.24, 2.45) is 5.73 Å². The zero-order valence-electron chi connectivity index (χ0n) is 15.2. The highest BCUT2D eigenvalue weighted by atomic mass is 16.2. The van der Waals surface area contributed by atoms with Gasteiger partial charge in [0.25, 0.3) is 0 Å². The number of hydrogen-bond acceptors (Lipinski definition) is 5. The van der Waals surface area contributed by atoms with Crippen LogP contribution in [0.1, 0.15) is 38.3 Å². The van der Waals surface area contributed by atoms with Crippen LogP contribution in [0.4, 0.5) is 0 Å². The van der Waals surface area contributed by atoms with Gasteiger partial charge in [-0.05, 0) is 26.2 Å². The first-order valence-electron chi connectivity index (χ1n) is 8.99. The predicted molar refractivity (Wildman–Crippen MR) is 93.9 cm³/mol. The summed E-state index contributed by atoms with van der Waals surface area (Å²) in [6.07, 6.45) is 5.06. The van der Waals surface area contributed by atoms with Gasteiger partial charge in [0.05, 0.1) is 6.33 Å². The van der Waals surface area contributed by atoms with Gasteiger partial charge in [0, 0.05) is 31.3 Å². The minimum Gasteiger partial charge on any atom is -0.368 e. The Morgan fingerprint density at radius 3 is 2.85 bits per heavy atom. The lowest BCUT2D eigenvalue weighted by atomic mass is 9.97. The lowest BCUT2D eigenvalue weighted by Gasteiger charge is -2.35. The Hall–Kier alpha value is -2.91. The zero-order chi connectivity index (χ0) is 19.6. The van der Waals surface area contributed by atoms with Crippen molar-refractivity contribution in [2.75, 3.05) is 6.54 Å². The van der Waals surface area contributed by atoms with E-state index in [1.54, 1.807) is 13.1 Å². The third kappa shape index (κ3) is 3.79. The Balaban J connectivity index is 1.78. The molecular formula is C17H24N6O4. The summed E-state index contributed by atoms with van der Waals surface area (Å²) in [5, 5.41) is 5.32. The van der Waals surface area contributed by atoms with E-state index in [2.05, 4.69) is 20.6 Å². The topological polar surface area (TPSA) is 150 Å². The van der Waals surface area contributed by atoms with Crippen LogP contribution in [-0.4, -0.2) is 62.7 Å². The highest BCUT2D eigenvalue weighted by molar-refractivity contribution is 5.96. The van der Waals surface area contributed by atoms with E-state index in [0.717, 1.165) is 0 Å². The van der Waals surface area contributed by atoms with Gasteiger partial charge in [-0.25, -0.2) is 4.98 Å². The van der Waals surface area contributed by atoms with Gasteiger partial charge >= 0.3 is 0 Å². The number of imidazole rings is 1. The quantitative estimate of drug-likeness (QED) is 0.481. The van der Waals surface area contributed by atoms with Crippen molar-refractivity contribution in [3.05, 3.63) is 18.2 Å². The number of rotatable bonds is 6. The number of nitrogens with zero attached hydrogens (tertiary/aromatic N) is 2. The monoisotopic (exact) mass is 376 g/mol. The van der Waals surface area contributed by atoms with Crippen molar-refractivity contribution >= 4 is 23.6 Å². The standard InChI is InChI=1S/C17H24N6O4/c1-17(16(18)27)5-2-6-23(17)15(26)12(7-10-8-19-9-20-10)22-14(25)11-3-4-13(24)21-11/h8-9,11-12H,2-7H2,1H3,(H2,18,27)(H,19,20)(H,21,24)(H,22,25). The van der Waals surface area contributed by atoms with E-state index in [9.17, 15) is 19.2 Å². The molecule has 0 aliphatic carbocycles. The normalized spacial score (nSPS) is 25.9. The Bertz CT molecular complexity index is 749. The summed E-state index contributed by atoms with van der Waals surface area (Å²) in [5.74, 6) is -1.55. The maximum atomic E-state index is 13.2. The number of aromatic nitrogens is 2. The Kier molecular flexibility index (Phi) is 5.15. The van der Waals surface area contributed by atoms with Crippen LogP contribution >= 0.6 is 0 Å². The van der Waals surface area contributed by atoms with Gasteiger partial charge in [-0.15, -0.1) is 0 Å². The van der Waals surface area contributed by atoms with Crippen LogP contribution in [0.2, 0.25) is 0 Å². The second-order valence-electron chi connectivity index (χ2n) is 7.23. The first-order valence-corrected chi connectivity index (χ1v) is 8.99. The van der Waals surface area contributed by atoms with Crippen LogP contribution in [0.25, 0.3) is 0 Å². The minimum absolute atomic E-state index is 0.188. The van der Waals surface area contributed by atoms with Crippen LogP contribution in [0, 0.1) is 0 Å². The van der Waals surface area contributed by atoms with Crippen LogP contribution in [0.3, 0.4) is 0 Å². The van der Waals surface area contributed by atoms with Crippen LogP contribution in [0.5, 0.6) is 0 Å². The summed E-state index contributed by atoms with van der Waals surface area (Å²) in [7, 11) is 0. The van der Waals surface area contributed by atoms with Crippen molar-refractivity contribution < 1.29 is 19.2 Å². The number of carbonyl (C=O) groups excluding carboxylic acids is 4. The van der Waals surface area contributed by atoms with Gasteiger partial charge in [0.1, 0.15) is 17.6 Å². The zero-order valence-corrected chi connectivity index (χ0v) is 15.2. The van der Waals surface area contributed by atoms with Gasteiger partial charge < -0.3 is 26.3 Å². The molecule has 5 N–H and O–H groups in total. The SMILES string of the molecule is CC1(C(N)=O)CCCN1C(=O)C(Cc1cnc[nH]1)NC(=O)C1CCC(=O)N1. The molecule has 4 amide bonds. The Labute approximate surface area is 156 Å². The number of nitrogens with two attached hydrogens (primary N) is 1. The molecule has 27 heavy (non-hydrogen) atoms. The molecular weight excluding hydrogens is 352 g/mol. The second kappa shape index (κ2) is 7.37. The van der Waals surface area contributed by atoms with Crippen LogP contribution < -0.4 is 16.4 Å². The number of carbonyl (C=O) groups is 4.